The molecule has 3 rings (SSSR count). The minimum Gasteiger partial charge on any atom is -0.494 e. The molecule has 1 aliphatic heterocycles. The highest BCUT2D eigenvalue weighted by Crippen LogP contribution is 2.32. The molecule has 2 aromatic carbocycles. The summed E-state index contributed by atoms with van der Waals surface area (Å²) < 4.78 is 11.0. The van der Waals surface area contributed by atoms with E-state index in [2.05, 4.69) is 17.6 Å². The molecule has 1 atom stereocenters. The fourth-order valence-corrected chi connectivity index (χ4v) is 3.17. The summed E-state index contributed by atoms with van der Waals surface area (Å²) in [5, 5.41) is 5.62. The number of carbonyl (C=O) groups excluding carboxylic acids is 2. The van der Waals surface area contributed by atoms with Crippen molar-refractivity contribution in [1.29, 1.82) is 0 Å². The van der Waals surface area contributed by atoms with Gasteiger partial charge in [-0.25, -0.2) is 9.59 Å². The molecule has 1 aliphatic rings. The van der Waals surface area contributed by atoms with Crippen molar-refractivity contribution in [2.75, 3.05) is 13.2 Å². The van der Waals surface area contributed by atoms with Gasteiger partial charge in [-0.05, 0) is 36.6 Å². The highest BCUT2D eigenvalue weighted by molar-refractivity contribution is 6.04. The number of hydrogen-bond donors (Lipinski definition) is 2. The number of benzene rings is 2. The summed E-state index contributed by atoms with van der Waals surface area (Å²) in [6, 6.07) is 15.7. The summed E-state index contributed by atoms with van der Waals surface area (Å²) >= 11 is 0. The Bertz CT molecular complexity index is 876. The molecule has 0 bridgehead atoms. The summed E-state index contributed by atoms with van der Waals surface area (Å²) in [5.74, 6) is 0.291. The Balaban J connectivity index is 1.98. The van der Waals surface area contributed by atoms with Crippen LogP contribution in [0.2, 0.25) is 0 Å². The molecule has 0 radical (unpaired) electrons. The van der Waals surface area contributed by atoms with Crippen LogP contribution < -0.4 is 15.4 Å². The average molecular weight is 394 g/mol. The van der Waals surface area contributed by atoms with Gasteiger partial charge in [0.2, 0.25) is 0 Å². The number of esters is 1. The lowest BCUT2D eigenvalue weighted by Crippen LogP contribution is -2.45. The number of hydrogen-bond acceptors (Lipinski definition) is 4. The zero-order chi connectivity index (χ0) is 20.6. The monoisotopic (exact) mass is 394 g/mol. The number of amides is 2. The maximum atomic E-state index is 12.8. The smallest absolute Gasteiger partial charge is 0.338 e. The minimum absolute atomic E-state index is 0.245. The van der Waals surface area contributed by atoms with E-state index >= 15 is 0 Å². The van der Waals surface area contributed by atoms with Crippen LogP contribution in [0.25, 0.3) is 5.70 Å². The fourth-order valence-electron chi connectivity index (χ4n) is 3.17. The van der Waals surface area contributed by atoms with Gasteiger partial charge in [0, 0.05) is 0 Å². The van der Waals surface area contributed by atoms with E-state index in [1.54, 1.807) is 6.92 Å². The number of urea groups is 1. The van der Waals surface area contributed by atoms with Gasteiger partial charge >= 0.3 is 12.0 Å². The van der Waals surface area contributed by atoms with Crippen LogP contribution in [-0.2, 0) is 9.53 Å². The Morgan fingerprint density at radius 1 is 1.03 bits per heavy atom. The van der Waals surface area contributed by atoms with Gasteiger partial charge in [0.25, 0.3) is 0 Å². The summed E-state index contributed by atoms with van der Waals surface area (Å²) in [5.41, 5.74) is 2.35. The van der Waals surface area contributed by atoms with Crippen molar-refractivity contribution in [3.63, 3.8) is 0 Å². The molecule has 2 aromatic rings. The molecule has 2 amide bonds. The molecular weight excluding hydrogens is 368 g/mol. The summed E-state index contributed by atoms with van der Waals surface area (Å²) in [7, 11) is 0. The molecule has 1 unspecified atom stereocenters. The third kappa shape index (κ3) is 4.96. The van der Waals surface area contributed by atoms with Crippen LogP contribution in [0, 0.1) is 0 Å². The fraction of sp³-hybridized carbons (Fsp3) is 0.304. The number of unbranched alkanes of at least 4 members (excludes halogenated alkanes) is 1. The second kappa shape index (κ2) is 9.78. The van der Waals surface area contributed by atoms with Crippen LogP contribution in [-0.4, -0.2) is 25.2 Å². The van der Waals surface area contributed by atoms with E-state index in [9.17, 15) is 9.59 Å². The van der Waals surface area contributed by atoms with E-state index in [4.69, 9.17) is 9.47 Å². The SMILES string of the molecule is CCCCOc1ccc(C2NC(=O)NC(c3ccccc3)=C2C(=O)OCC)cc1. The molecule has 0 fully saturated rings. The van der Waals surface area contributed by atoms with Crippen molar-refractivity contribution >= 4 is 17.7 Å². The quantitative estimate of drug-likeness (QED) is 0.520. The lowest BCUT2D eigenvalue weighted by molar-refractivity contribution is -0.138. The number of ether oxygens (including phenoxy) is 2. The van der Waals surface area contributed by atoms with E-state index in [-0.39, 0.29) is 12.6 Å². The van der Waals surface area contributed by atoms with Crippen molar-refractivity contribution in [3.05, 3.63) is 71.3 Å². The highest BCUT2D eigenvalue weighted by atomic mass is 16.5. The van der Waals surface area contributed by atoms with E-state index in [1.807, 2.05) is 54.6 Å². The first kappa shape index (κ1) is 20.5. The van der Waals surface area contributed by atoms with Crippen LogP contribution >= 0.6 is 0 Å². The number of nitrogens with one attached hydrogen (secondary N) is 2. The standard InChI is InChI=1S/C23H26N2O4/c1-3-5-15-29-18-13-11-17(12-14-18)21-19(22(26)28-4-2)20(24-23(27)25-21)16-9-7-6-8-10-16/h6-14,21H,3-5,15H2,1-2H3,(H2,24,25,27). The van der Waals surface area contributed by atoms with Crippen LogP contribution in [0.1, 0.15) is 43.9 Å². The molecule has 0 saturated carbocycles. The lowest BCUT2D eigenvalue weighted by atomic mass is 9.92. The Hall–Kier alpha value is -3.28. The molecule has 29 heavy (non-hydrogen) atoms. The Kier molecular flexibility index (Phi) is 6.89. The van der Waals surface area contributed by atoms with Gasteiger partial charge in [-0.15, -0.1) is 0 Å². The Morgan fingerprint density at radius 3 is 2.41 bits per heavy atom. The van der Waals surface area contributed by atoms with Gasteiger partial charge in [0.05, 0.1) is 30.5 Å². The van der Waals surface area contributed by atoms with Gasteiger partial charge in [0.1, 0.15) is 5.75 Å². The molecule has 0 aliphatic carbocycles. The molecule has 2 N–H and O–H groups in total. The zero-order valence-corrected chi connectivity index (χ0v) is 16.7. The van der Waals surface area contributed by atoms with Crippen molar-refractivity contribution in [2.45, 2.75) is 32.7 Å². The zero-order valence-electron chi connectivity index (χ0n) is 16.7. The molecule has 0 saturated heterocycles. The first-order valence-corrected chi connectivity index (χ1v) is 9.91. The second-order valence-corrected chi connectivity index (χ2v) is 6.68. The Labute approximate surface area is 170 Å². The van der Waals surface area contributed by atoms with E-state index in [1.165, 1.54) is 0 Å². The van der Waals surface area contributed by atoms with Crippen LogP contribution in [0.5, 0.6) is 5.75 Å². The third-order valence-electron chi connectivity index (χ3n) is 4.61. The molecule has 152 valence electrons. The third-order valence-corrected chi connectivity index (χ3v) is 4.61. The largest absolute Gasteiger partial charge is 0.494 e. The molecule has 6 nitrogen and oxygen atoms in total. The van der Waals surface area contributed by atoms with E-state index in [0.717, 1.165) is 29.7 Å². The van der Waals surface area contributed by atoms with E-state index in [0.29, 0.717) is 17.9 Å². The van der Waals surface area contributed by atoms with Crippen molar-refractivity contribution < 1.29 is 19.1 Å². The Morgan fingerprint density at radius 2 is 1.76 bits per heavy atom. The summed E-state index contributed by atoms with van der Waals surface area (Å²) in [4.78, 5) is 25.2. The second-order valence-electron chi connectivity index (χ2n) is 6.68. The van der Waals surface area contributed by atoms with Crippen LogP contribution in [0.15, 0.2) is 60.2 Å². The van der Waals surface area contributed by atoms with Gasteiger partial charge < -0.3 is 20.1 Å². The molecule has 1 heterocycles. The average Bonchev–Trinajstić information content (AvgIpc) is 2.74. The molecule has 0 aromatic heterocycles. The first-order valence-electron chi connectivity index (χ1n) is 9.91. The highest BCUT2D eigenvalue weighted by Gasteiger charge is 2.34. The summed E-state index contributed by atoms with van der Waals surface area (Å²) in [6.07, 6.45) is 2.05. The molecule has 0 spiro atoms. The van der Waals surface area contributed by atoms with Crippen LogP contribution in [0.4, 0.5) is 4.79 Å². The number of rotatable bonds is 8. The predicted molar refractivity (Wildman–Crippen MR) is 111 cm³/mol. The normalized spacial score (nSPS) is 16.1. The van der Waals surface area contributed by atoms with Gasteiger partial charge in [-0.2, -0.15) is 0 Å². The van der Waals surface area contributed by atoms with Gasteiger partial charge in [-0.3, -0.25) is 0 Å². The van der Waals surface area contributed by atoms with Crippen molar-refractivity contribution in [3.8, 4) is 5.75 Å². The predicted octanol–water partition coefficient (Wildman–Crippen LogP) is 4.19. The van der Waals surface area contributed by atoms with Crippen molar-refractivity contribution in [2.24, 2.45) is 0 Å². The van der Waals surface area contributed by atoms with E-state index < -0.39 is 12.0 Å². The van der Waals surface area contributed by atoms with Gasteiger partial charge in [-0.1, -0.05) is 55.8 Å². The molecular formula is C23H26N2O4. The van der Waals surface area contributed by atoms with Gasteiger partial charge in [0.15, 0.2) is 0 Å². The number of carbonyl (C=O) groups is 2. The topological polar surface area (TPSA) is 76.7 Å². The summed E-state index contributed by atoms with van der Waals surface area (Å²) in [6.45, 7) is 4.77. The maximum Gasteiger partial charge on any atom is 0.338 e. The molecule has 6 heteroatoms. The van der Waals surface area contributed by atoms with Crippen molar-refractivity contribution in [1.82, 2.24) is 10.6 Å². The lowest BCUT2D eigenvalue weighted by Gasteiger charge is -2.29. The maximum absolute atomic E-state index is 12.8. The van der Waals surface area contributed by atoms with Crippen LogP contribution in [0.3, 0.4) is 0 Å². The first-order chi connectivity index (χ1) is 14.1. The minimum atomic E-state index is -0.623.